The van der Waals surface area contributed by atoms with E-state index in [-0.39, 0.29) is 0 Å². The molecule has 0 saturated carbocycles. The maximum absolute atomic E-state index is 5.87. The van der Waals surface area contributed by atoms with Gasteiger partial charge in [-0.2, -0.15) is 0 Å². The van der Waals surface area contributed by atoms with Crippen LogP contribution in [0.15, 0.2) is 24.3 Å². The van der Waals surface area contributed by atoms with E-state index in [0.717, 1.165) is 13.1 Å². The van der Waals surface area contributed by atoms with Crippen LogP contribution in [-0.2, 0) is 6.42 Å². The molecule has 0 amide bonds. The Bertz CT molecular complexity index is 333. The first-order valence-corrected chi connectivity index (χ1v) is 5.78. The summed E-state index contributed by atoms with van der Waals surface area (Å²) in [6.07, 6.45) is 1.17. The summed E-state index contributed by atoms with van der Waals surface area (Å²) in [4.78, 5) is 2.47. The van der Waals surface area contributed by atoms with Crippen molar-refractivity contribution in [2.75, 3.05) is 18.0 Å². The smallest absolute Gasteiger partial charge is 0.0435 e. The summed E-state index contributed by atoms with van der Waals surface area (Å²) in [6.45, 7) is 6.36. The van der Waals surface area contributed by atoms with E-state index in [2.05, 4.69) is 43.0 Å². The van der Waals surface area contributed by atoms with E-state index in [4.69, 9.17) is 5.73 Å². The lowest BCUT2D eigenvalue weighted by molar-refractivity contribution is 0.468. The Labute approximate surface area is 92.1 Å². The number of nitrogens with two attached hydrogens (primary N) is 1. The summed E-state index contributed by atoms with van der Waals surface area (Å²) in [5.74, 6) is 0.612. The molecule has 2 nitrogen and oxygen atoms in total. The van der Waals surface area contributed by atoms with Gasteiger partial charge in [-0.1, -0.05) is 32.0 Å². The minimum Gasteiger partial charge on any atom is -0.366 e. The van der Waals surface area contributed by atoms with Crippen LogP contribution in [0.1, 0.15) is 19.4 Å². The molecule has 1 aliphatic heterocycles. The van der Waals surface area contributed by atoms with Gasteiger partial charge in [-0.25, -0.2) is 0 Å². The van der Waals surface area contributed by atoms with Crippen molar-refractivity contribution in [3.63, 3.8) is 0 Å². The maximum atomic E-state index is 5.87. The average Bonchev–Trinajstić information content (AvgIpc) is 2.63. The molecule has 0 radical (unpaired) electrons. The van der Waals surface area contributed by atoms with Crippen LogP contribution in [0.4, 0.5) is 5.69 Å². The van der Waals surface area contributed by atoms with Crippen molar-refractivity contribution in [3.05, 3.63) is 29.8 Å². The number of anilines is 1. The number of benzene rings is 1. The minimum absolute atomic E-state index is 0.480. The predicted molar refractivity (Wildman–Crippen MR) is 65.2 cm³/mol. The Morgan fingerprint density at radius 1 is 1.33 bits per heavy atom. The van der Waals surface area contributed by atoms with Crippen molar-refractivity contribution in [1.82, 2.24) is 0 Å². The highest BCUT2D eigenvalue weighted by atomic mass is 15.2. The normalized spacial score (nSPS) is 16.9. The van der Waals surface area contributed by atoms with Crippen LogP contribution in [0.2, 0.25) is 0 Å². The third kappa shape index (κ3) is 1.86. The minimum atomic E-state index is 0.480. The average molecular weight is 204 g/mol. The van der Waals surface area contributed by atoms with Crippen LogP contribution in [0.25, 0.3) is 0 Å². The first-order chi connectivity index (χ1) is 7.24. The van der Waals surface area contributed by atoms with E-state index in [0.29, 0.717) is 12.0 Å². The molecule has 0 bridgehead atoms. The molecule has 15 heavy (non-hydrogen) atoms. The summed E-state index contributed by atoms with van der Waals surface area (Å²) < 4.78 is 0. The third-order valence-corrected chi connectivity index (χ3v) is 3.33. The topological polar surface area (TPSA) is 29.3 Å². The molecule has 0 aromatic heterocycles. The fourth-order valence-corrected chi connectivity index (χ4v) is 2.47. The largest absolute Gasteiger partial charge is 0.366 e. The monoisotopic (exact) mass is 204 g/mol. The zero-order valence-electron chi connectivity index (χ0n) is 9.61. The Morgan fingerprint density at radius 3 is 2.73 bits per heavy atom. The molecule has 0 saturated heterocycles. The van der Waals surface area contributed by atoms with Gasteiger partial charge < -0.3 is 10.6 Å². The molecule has 2 rings (SSSR count). The molecule has 1 aromatic rings. The number of hydrogen-bond acceptors (Lipinski definition) is 2. The SMILES string of the molecule is CC(C)C(CN)N1CCc2ccccc21. The molecule has 1 unspecified atom stereocenters. The van der Waals surface area contributed by atoms with Crippen molar-refractivity contribution in [2.24, 2.45) is 11.7 Å². The Morgan fingerprint density at radius 2 is 2.07 bits per heavy atom. The van der Waals surface area contributed by atoms with E-state index < -0.39 is 0 Å². The fourth-order valence-electron chi connectivity index (χ4n) is 2.47. The molecule has 1 atom stereocenters. The van der Waals surface area contributed by atoms with Crippen molar-refractivity contribution < 1.29 is 0 Å². The number of nitrogens with zero attached hydrogens (tertiary/aromatic N) is 1. The highest BCUT2D eigenvalue weighted by Gasteiger charge is 2.26. The maximum Gasteiger partial charge on any atom is 0.0435 e. The van der Waals surface area contributed by atoms with Crippen LogP contribution in [0.3, 0.4) is 0 Å². The van der Waals surface area contributed by atoms with E-state index in [1.807, 2.05) is 0 Å². The first kappa shape index (κ1) is 10.5. The second-order valence-electron chi connectivity index (χ2n) is 4.62. The van der Waals surface area contributed by atoms with Crippen LogP contribution in [0.5, 0.6) is 0 Å². The number of fused-ring (bicyclic) bond motifs is 1. The number of rotatable bonds is 3. The summed E-state index contributed by atoms with van der Waals surface area (Å²) >= 11 is 0. The van der Waals surface area contributed by atoms with E-state index in [1.165, 1.54) is 17.7 Å². The molecule has 0 spiro atoms. The lowest BCUT2D eigenvalue weighted by Crippen LogP contribution is -2.43. The molecule has 1 aromatic carbocycles. The van der Waals surface area contributed by atoms with Gasteiger partial charge in [-0.05, 0) is 24.0 Å². The van der Waals surface area contributed by atoms with Gasteiger partial charge in [0.05, 0.1) is 0 Å². The zero-order chi connectivity index (χ0) is 10.8. The van der Waals surface area contributed by atoms with Gasteiger partial charge in [-0.3, -0.25) is 0 Å². The molecule has 2 N–H and O–H groups in total. The first-order valence-electron chi connectivity index (χ1n) is 5.78. The van der Waals surface area contributed by atoms with E-state index in [9.17, 15) is 0 Å². The quantitative estimate of drug-likeness (QED) is 0.816. The van der Waals surface area contributed by atoms with Crippen LogP contribution in [0, 0.1) is 5.92 Å². The van der Waals surface area contributed by atoms with Gasteiger partial charge >= 0.3 is 0 Å². The van der Waals surface area contributed by atoms with Gasteiger partial charge in [-0.15, -0.1) is 0 Å². The van der Waals surface area contributed by atoms with E-state index >= 15 is 0 Å². The molecule has 0 fully saturated rings. The predicted octanol–water partition coefficient (Wildman–Crippen LogP) is 2.03. The standard InChI is InChI=1S/C13H20N2/c1-10(2)13(9-14)15-8-7-11-5-3-4-6-12(11)15/h3-6,10,13H,7-9,14H2,1-2H3. The summed E-state index contributed by atoms with van der Waals surface area (Å²) in [5.41, 5.74) is 8.73. The van der Waals surface area contributed by atoms with Gasteiger partial charge in [0.15, 0.2) is 0 Å². The lowest BCUT2D eigenvalue weighted by Gasteiger charge is -2.32. The Kier molecular flexibility index (Phi) is 2.96. The second kappa shape index (κ2) is 4.23. The van der Waals surface area contributed by atoms with Crippen LogP contribution >= 0.6 is 0 Å². The van der Waals surface area contributed by atoms with Crippen molar-refractivity contribution in [3.8, 4) is 0 Å². The van der Waals surface area contributed by atoms with Crippen molar-refractivity contribution in [2.45, 2.75) is 26.3 Å². The summed E-state index contributed by atoms with van der Waals surface area (Å²) in [6, 6.07) is 9.16. The van der Waals surface area contributed by atoms with Crippen LogP contribution in [-0.4, -0.2) is 19.1 Å². The molecule has 1 heterocycles. The molecule has 82 valence electrons. The van der Waals surface area contributed by atoms with Gasteiger partial charge in [0.2, 0.25) is 0 Å². The number of hydrogen-bond donors (Lipinski definition) is 1. The van der Waals surface area contributed by atoms with Gasteiger partial charge in [0, 0.05) is 24.8 Å². The Balaban J connectivity index is 2.26. The lowest BCUT2D eigenvalue weighted by atomic mass is 10.0. The van der Waals surface area contributed by atoms with Gasteiger partial charge in [0.25, 0.3) is 0 Å². The zero-order valence-corrected chi connectivity index (χ0v) is 9.61. The van der Waals surface area contributed by atoms with E-state index in [1.54, 1.807) is 0 Å². The number of para-hydroxylation sites is 1. The fraction of sp³-hybridized carbons (Fsp3) is 0.538. The third-order valence-electron chi connectivity index (χ3n) is 3.33. The Hall–Kier alpha value is -1.02. The highest BCUT2D eigenvalue weighted by molar-refractivity contribution is 5.58. The molecular formula is C13H20N2. The second-order valence-corrected chi connectivity index (χ2v) is 4.62. The molecule has 0 aliphatic carbocycles. The molecular weight excluding hydrogens is 184 g/mol. The molecule has 2 heteroatoms. The van der Waals surface area contributed by atoms with Crippen LogP contribution < -0.4 is 10.6 Å². The molecule has 1 aliphatic rings. The van der Waals surface area contributed by atoms with Crippen molar-refractivity contribution in [1.29, 1.82) is 0 Å². The van der Waals surface area contributed by atoms with Crippen molar-refractivity contribution >= 4 is 5.69 Å². The highest BCUT2D eigenvalue weighted by Crippen LogP contribution is 2.30. The summed E-state index contributed by atoms with van der Waals surface area (Å²) in [7, 11) is 0. The van der Waals surface area contributed by atoms with Gasteiger partial charge in [0.1, 0.15) is 0 Å². The summed E-state index contributed by atoms with van der Waals surface area (Å²) in [5, 5.41) is 0.